The van der Waals surface area contributed by atoms with Crippen LogP contribution in [0.3, 0.4) is 0 Å². The number of carbonyl (C=O) groups excluding carboxylic acids is 3. The second kappa shape index (κ2) is 5.93. The lowest BCUT2D eigenvalue weighted by Crippen LogP contribution is -2.36. The van der Waals surface area contributed by atoms with Gasteiger partial charge in [-0.05, 0) is 24.3 Å². The molecule has 1 N–H and O–H groups in total. The number of ether oxygens (including phenoxy) is 1. The van der Waals surface area contributed by atoms with Gasteiger partial charge in [-0.1, -0.05) is 12.1 Å². The van der Waals surface area contributed by atoms with Gasteiger partial charge in [0.15, 0.2) is 6.61 Å². The summed E-state index contributed by atoms with van der Waals surface area (Å²) in [5.74, 6) is -2.25. The van der Waals surface area contributed by atoms with Crippen LogP contribution in [0.4, 0.5) is 0 Å². The fourth-order valence-electron chi connectivity index (χ4n) is 2.28. The molecular weight excluding hydrogens is 336 g/mol. The molecule has 2 heterocycles. The van der Waals surface area contributed by atoms with Crippen molar-refractivity contribution in [3.8, 4) is 0 Å². The minimum absolute atomic E-state index is 0.00719. The lowest BCUT2D eigenvalue weighted by atomic mass is 10.2. The van der Waals surface area contributed by atoms with Gasteiger partial charge in [-0.15, -0.1) is 0 Å². The first kappa shape index (κ1) is 15.9. The third-order valence-electron chi connectivity index (χ3n) is 3.45. The SMILES string of the molecule is O=C(CN1C(=O)c2ccccc2S1(=O)=O)OCC(=O)c1ccc[nH]1. The van der Waals surface area contributed by atoms with E-state index in [1.54, 1.807) is 12.3 Å². The molecule has 0 radical (unpaired) electrons. The number of rotatable bonds is 5. The number of hydrogen-bond acceptors (Lipinski definition) is 6. The Morgan fingerprint density at radius 3 is 2.54 bits per heavy atom. The van der Waals surface area contributed by atoms with Crippen molar-refractivity contribution in [1.82, 2.24) is 9.29 Å². The minimum Gasteiger partial charge on any atom is -0.456 e. The average Bonchev–Trinajstić information content (AvgIpc) is 3.16. The average molecular weight is 348 g/mol. The number of nitrogens with one attached hydrogen (secondary N) is 1. The van der Waals surface area contributed by atoms with E-state index in [4.69, 9.17) is 4.74 Å². The molecule has 24 heavy (non-hydrogen) atoms. The molecule has 0 aliphatic carbocycles. The molecule has 0 saturated heterocycles. The van der Waals surface area contributed by atoms with Crippen LogP contribution in [0.5, 0.6) is 0 Å². The van der Waals surface area contributed by atoms with Crippen LogP contribution < -0.4 is 0 Å². The molecule has 0 bridgehead atoms. The van der Waals surface area contributed by atoms with E-state index in [-0.39, 0.29) is 16.2 Å². The lowest BCUT2D eigenvalue weighted by molar-refractivity contribution is -0.142. The first-order valence-corrected chi connectivity index (χ1v) is 8.33. The van der Waals surface area contributed by atoms with Crippen molar-refractivity contribution in [2.75, 3.05) is 13.2 Å². The summed E-state index contributed by atoms with van der Waals surface area (Å²) >= 11 is 0. The third kappa shape index (κ3) is 2.69. The molecule has 0 atom stereocenters. The molecule has 1 aliphatic rings. The number of carbonyl (C=O) groups is 3. The molecule has 3 rings (SSSR count). The van der Waals surface area contributed by atoms with Crippen LogP contribution in [0.15, 0.2) is 47.5 Å². The Hall–Kier alpha value is -2.94. The van der Waals surface area contributed by atoms with Crippen molar-refractivity contribution in [2.24, 2.45) is 0 Å². The molecule has 1 aromatic carbocycles. The maximum absolute atomic E-state index is 12.3. The van der Waals surface area contributed by atoms with Crippen LogP contribution in [0, 0.1) is 0 Å². The van der Waals surface area contributed by atoms with Crippen LogP contribution in [-0.2, 0) is 19.6 Å². The van der Waals surface area contributed by atoms with Gasteiger partial charge >= 0.3 is 5.97 Å². The minimum atomic E-state index is -4.08. The van der Waals surface area contributed by atoms with Crippen molar-refractivity contribution in [3.05, 3.63) is 53.9 Å². The normalized spacial score (nSPS) is 15.2. The third-order valence-corrected chi connectivity index (χ3v) is 5.23. The van der Waals surface area contributed by atoms with E-state index in [0.717, 1.165) is 0 Å². The lowest BCUT2D eigenvalue weighted by Gasteiger charge is -2.13. The summed E-state index contributed by atoms with van der Waals surface area (Å²) < 4.78 is 29.8. The predicted octanol–water partition coefficient (Wildman–Crippen LogP) is 0.585. The summed E-state index contributed by atoms with van der Waals surface area (Å²) in [6, 6.07) is 8.81. The van der Waals surface area contributed by atoms with E-state index in [2.05, 4.69) is 4.98 Å². The van der Waals surface area contributed by atoms with Crippen LogP contribution in [0.25, 0.3) is 0 Å². The van der Waals surface area contributed by atoms with Crippen molar-refractivity contribution in [1.29, 1.82) is 0 Å². The molecule has 0 saturated carbocycles. The van der Waals surface area contributed by atoms with Crippen molar-refractivity contribution in [2.45, 2.75) is 4.90 Å². The van der Waals surface area contributed by atoms with Crippen molar-refractivity contribution in [3.63, 3.8) is 0 Å². The van der Waals surface area contributed by atoms with Gasteiger partial charge in [0.1, 0.15) is 11.4 Å². The fourth-order valence-corrected chi connectivity index (χ4v) is 3.79. The number of nitrogens with zero attached hydrogens (tertiary/aromatic N) is 1. The Morgan fingerprint density at radius 2 is 1.88 bits per heavy atom. The second-order valence-electron chi connectivity index (χ2n) is 4.98. The Balaban J connectivity index is 1.67. The van der Waals surface area contributed by atoms with Crippen LogP contribution in [-0.4, -0.2) is 48.5 Å². The van der Waals surface area contributed by atoms with E-state index in [1.807, 2.05) is 0 Å². The summed E-state index contributed by atoms with van der Waals surface area (Å²) in [5, 5.41) is 0. The number of Topliss-reactive ketones (excluding diaryl/α,β-unsaturated/α-hetero) is 1. The number of esters is 1. The van der Waals surface area contributed by atoms with Crippen molar-refractivity contribution >= 4 is 27.7 Å². The quantitative estimate of drug-likeness (QED) is 0.625. The number of aromatic amines is 1. The molecular formula is C15H12N2O6S. The molecule has 1 amide bonds. The largest absolute Gasteiger partial charge is 0.456 e. The number of sulfonamides is 1. The van der Waals surface area contributed by atoms with Gasteiger partial charge in [0.05, 0.1) is 11.3 Å². The summed E-state index contributed by atoms with van der Waals surface area (Å²) in [6.07, 6.45) is 1.54. The molecule has 9 heteroatoms. The van der Waals surface area contributed by atoms with Crippen molar-refractivity contribution < 1.29 is 27.5 Å². The number of fused-ring (bicyclic) bond motifs is 1. The Labute approximate surface area is 137 Å². The molecule has 0 spiro atoms. The number of hydrogen-bond donors (Lipinski definition) is 1. The number of amides is 1. The summed E-state index contributed by atoms with van der Waals surface area (Å²) in [4.78, 5) is 38.2. The van der Waals surface area contributed by atoms with Gasteiger partial charge < -0.3 is 9.72 Å². The molecule has 124 valence electrons. The maximum atomic E-state index is 12.3. The summed E-state index contributed by atoms with van der Waals surface area (Å²) in [6.45, 7) is -1.33. The Bertz CT molecular complexity index is 917. The van der Waals surface area contributed by atoms with Gasteiger partial charge in [0.2, 0.25) is 5.78 Å². The van der Waals surface area contributed by atoms with Gasteiger partial charge in [-0.25, -0.2) is 12.7 Å². The second-order valence-corrected chi connectivity index (χ2v) is 6.81. The first-order chi connectivity index (χ1) is 11.4. The van der Waals surface area contributed by atoms with Gasteiger partial charge in [0, 0.05) is 6.20 Å². The number of aromatic nitrogens is 1. The monoisotopic (exact) mass is 348 g/mol. The Kier molecular flexibility index (Phi) is 3.94. The maximum Gasteiger partial charge on any atom is 0.327 e. The standard InChI is InChI=1S/C15H12N2O6S/c18-12(11-5-3-7-16-11)9-23-14(19)8-17-15(20)10-4-1-2-6-13(10)24(17,21)22/h1-7,16H,8-9H2. The zero-order valence-corrected chi connectivity index (χ0v) is 13.1. The first-order valence-electron chi connectivity index (χ1n) is 6.89. The van der Waals surface area contributed by atoms with Crippen LogP contribution in [0.2, 0.25) is 0 Å². The highest BCUT2D eigenvalue weighted by molar-refractivity contribution is 7.90. The molecule has 2 aromatic rings. The van der Waals surface area contributed by atoms with E-state index >= 15 is 0 Å². The van der Waals surface area contributed by atoms with Gasteiger partial charge in [-0.2, -0.15) is 0 Å². The molecule has 0 unspecified atom stereocenters. The predicted molar refractivity (Wildman–Crippen MR) is 80.7 cm³/mol. The highest BCUT2D eigenvalue weighted by atomic mass is 32.2. The fraction of sp³-hybridized carbons (Fsp3) is 0.133. The number of ketones is 1. The van der Waals surface area contributed by atoms with E-state index < -0.39 is 40.8 Å². The highest BCUT2D eigenvalue weighted by Crippen LogP contribution is 2.29. The van der Waals surface area contributed by atoms with E-state index in [9.17, 15) is 22.8 Å². The van der Waals surface area contributed by atoms with E-state index in [1.165, 1.54) is 30.3 Å². The molecule has 0 fully saturated rings. The molecule has 1 aromatic heterocycles. The molecule has 1 aliphatic heterocycles. The van der Waals surface area contributed by atoms with Crippen LogP contribution >= 0.6 is 0 Å². The summed E-state index contributed by atoms with van der Waals surface area (Å²) in [5.41, 5.74) is 0.271. The molecule has 8 nitrogen and oxygen atoms in total. The zero-order valence-electron chi connectivity index (χ0n) is 12.3. The highest BCUT2D eigenvalue weighted by Gasteiger charge is 2.42. The zero-order chi connectivity index (χ0) is 17.3. The van der Waals surface area contributed by atoms with Gasteiger partial charge in [-0.3, -0.25) is 14.4 Å². The smallest absolute Gasteiger partial charge is 0.327 e. The summed E-state index contributed by atoms with van der Waals surface area (Å²) in [7, 11) is -4.08. The number of benzene rings is 1. The Morgan fingerprint density at radius 1 is 1.12 bits per heavy atom. The van der Waals surface area contributed by atoms with Gasteiger partial charge in [0.25, 0.3) is 15.9 Å². The topological polar surface area (TPSA) is 114 Å². The van der Waals surface area contributed by atoms with Crippen LogP contribution in [0.1, 0.15) is 20.8 Å². The van der Waals surface area contributed by atoms with E-state index in [0.29, 0.717) is 4.31 Å². The number of H-pyrrole nitrogens is 1.